The molecule has 2 heterocycles. The van der Waals surface area contributed by atoms with Crippen molar-refractivity contribution in [1.29, 1.82) is 0 Å². The van der Waals surface area contributed by atoms with Gasteiger partial charge in [-0.1, -0.05) is 18.6 Å². The van der Waals surface area contributed by atoms with Crippen LogP contribution in [0.2, 0.25) is 0 Å². The predicted molar refractivity (Wildman–Crippen MR) is 129 cm³/mol. The molecule has 1 fully saturated rings. The second-order valence-electron chi connectivity index (χ2n) is 9.18. The molecule has 0 aromatic heterocycles. The van der Waals surface area contributed by atoms with Crippen molar-refractivity contribution < 1.29 is 27.4 Å². The fourth-order valence-electron chi connectivity index (χ4n) is 4.35. The summed E-state index contributed by atoms with van der Waals surface area (Å²) in [4.78, 5) is 12.7. The maximum Gasteiger partial charge on any atom is 0.262 e. The van der Waals surface area contributed by atoms with Gasteiger partial charge in [0.15, 0.2) is 18.1 Å². The largest absolute Gasteiger partial charge is 0.492 e. The van der Waals surface area contributed by atoms with Crippen molar-refractivity contribution in [1.82, 2.24) is 4.31 Å². The molecule has 0 unspecified atom stereocenters. The van der Waals surface area contributed by atoms with Crippen molar-refractivity contribution in [2.24, 2.45) is 0 Å². The number of ether oxygens (including phenoxy) is 3. The number of rotatable bonds is 8. The van der Waals surface area contributed by atoms with Gasteiger partial charge < -0.3 is 19.5 Å². The standard InChI is InChI=1S/C25H32N2O6S/c1-4-31-20-12-11-19(15-22(20)34(29,30)27-13-6-5-7-14-27)26-23(28)17-32-21-10-8-9-18-16-25(2,3)33-24(18)21/h8-12,15H,4-7,13-14,16-17H2,1-3H3,(H,26,28). The summed E-state index contributed by atoms with van der Waals surface area (Å²) in [6.45, 7) is 6.88. The second kappa shape index (κ2) is 9.84. The van der Waals surface area contributed by atoms with E-state index in [1.165, 1.54) is 10.4 Å². The first kappa shape index (κ1) is 24.3. The third-order valence-electron chi connectivity index (χ3n) is 5.87. The molecule has 2 aromatic rings. The quantitative estimate of drug-likeness (QED) is 0.604. The molecule has 8 nitrogen and oxygen atoms in total. The SMILES string of the molecule is CCOc1ccc(NC(=O)COc2cccc3c2OC(C)(C)C3)cc1S(=O)(=O)N1CCCCC1. The van der Waals surface area contributed by atoms with E-state index >= 15 is 0 Å². The number of anilines is 1. The van der Waals surface area contributed by atoms with Crippen molar-refractivity contribution in [3.63, 3.8) is 0 Å². The molecule has 9 heteroatoms. The highest BCUT2D eigenvalue weighted by atomic mass is 32.2. The minimum Gasteiger partial charge on any atom is -0.492 e. The molecule has 0 saturated carbocycles. The van der Waals surface area contributed by atoms with Crippen LogP contribution < -0.4 is 19.5 Å². The Morgan fingerprint density at radius 3 is 2.59 bits per heavy atom. The van der Waals surface area contributed by atoms with Gasteiger partial charge >= 0.3 is 0 Å². The van der Waals surface area contributed by atoms with Crippen LogP contribution >= 0.6 is 0 Å². The molecule has 2 aromatic carbocycles. The van der Waals surface area contributed by atoms with Gasteiger partial charge in [0.1, 0.15) is 16.2 Å². The molecule has 0 spiro atoms. The van der Waals surface area contributed by atoms with Gasteiger partial charge in [-0.25, -0.2) is 8.42 Å². The van der Waals surface area contributed by atoms with Crippen molar-refractivity contribution in [3.05, 3.63) is 42.0 Å². The summed E-state index contributed by atoms with van der Waals surface area (Å²) in [5.41, 5.74) is 1.09. The molecule has 0 atom stereocenters. The smallest absolute Gasteiger partial charge is 0.262 e. The Morgan fingerprint density at radius 1 is 1.09 bits per heavy atom. The van der Waals surface area contributed by atoms with Crippen LogP contribution in [0.25, 0.3) is 0 Å². The molecular formula is C25H32N2O6S. The number of carbonyl (C=O) groups is 1. The molecule has 2 aliphatic heterocycles. The molecule has 34 heavy (non-hydrogen) atoms. The van der Waals surface area contributed by atoms with Crippen LogP contribution in [-0.4, -0.2) is 50.5 Å². The Bertz CT molecular complexity index is 1160. The first-order valence-electron chi connectivity index (χ1n) is 11.7. The van der Waals surface area contributed by atoms with E-state index in [9.17, 15) is 13.2 Å². The van der Waals surface area contributed by atoms with E-state index in [-0.39, 0.29) is 22.9 Å². The van der Waals surface area contributed by atoms with Crippen LogP contribution in [0.3, 0.4) is 0 Å². The first-order chi connectivity index (χ1) is 16.2. The molecule has 0 bridgehead atoms. The van der Waals surface area contributed by atoms with E-state index in [0.717, 1.165) is 31.2 Å². The Labute approximate surface area is 201 Å². The summed E-state index contributed by atoms with van der Waals surface area (Å²) < 4.78 is 45.4. The van der Waals surface area contributed by atoms with Gasteiger partial charge in [0, 0.05) is 30.8 Å². The van der Waals surface area contributed by atoms with Gasteiger partial charge in [-0.15, -0.1) is 0 Å². The molecule has 2 aliphatic rings. The van der Waals surface area contributed by atoms with Crippen molar-refractivity contribution in [3.8, 4) is 17.2 Å². The number of fused-ring (bicyclic) bond motifs is 1. The number of benzene rings is 2. The van der Waals surface area contributed by atoms with Crippen LogP contribution in [0.5, 0.6) is 17.2 Å². The molecular weight excluding hydrogens is 456 g/mol. The van der Waals surface area contributed by atoms with Crippen LogP contribution in [0, 0.1) is 0 Å². The highest BCUT2D eigenvalue weighted by Crippen LogP contribution is 2.41. The number of hydrogen-bond donors (Lipinski definition) is 1. The molecule has 0 aliphatic carbocycles. The molecule has 4 rings (SSSR count). The lowest BCUT2D eigenvalue weighted by atomic mass is 10.0. The number of amides is 1. The van der Waals surface area contributed by atoms with E-state index in [1.807, 2.05) is 26.0 Å². The lowest BCUT2D eigenvalue weighted by molar-refractivity contribution is -0.118. The monoisotopic (exact) mass is 488 g/mol. The minimum atomic E-state index is -3.74. The van der Waals surface area contributed by atoms with Crippen LogP contribution in [0.1, 0.15) is 45.6 Å². The van der Waals surface area contributed by atoms with Gasteiger partial charge in [-0.2, -0.15) is 4.31 Å². The predicted octanol–water partition coefficient (Wildman–Crippen LogP) is 3.99. The lowest BCUT2D eigenvalue weighted by Gasteiger charge is -2.27. The Hall–Kier alpha value is -2.78. The molecule has 1 amide bonds. The third-order valence-corrected chi connectivity index (χ3v) is 7.79. The molecule has 184 valence electrons. The summed E-state index contributed by atoms with van der Waals surface area (Å²) in [6, 6.07) is 10.3. The fraction of sp³-hybridized carbons (Fsp3) is 0.480. The van der Waals surface area contributed by atoms with Crippen molar-refractivity contribution in [2.45, 2.75) is 57.0 Å². The van der Waals surface area contributed by atoms with Gasteiger partial charge in [-0.05, 0) is 57.9 Å². The van der Waals surface area contributed by atoms with Crippen LogP contribution in [0.15, 0.2) is 41.3 Å². The van der Waals surface area contributed by atoms with Gasteiger partial charge in [0.2, 0.25) is 10.0 Å². The topological polar surface area (TPSA) is 94.2 Å². The number of piperidine rings is 1. The average Bonchev–Trinajstić information content (AvgIpc) is 3.13. The zero-order valence-electron chi connectivity index (χ0n) is 19.9. The van der Waals surface area contributed by atoms with Gasteiger partial charge in [-0.3, -0.25) is 4.79 Å². The summed E-state index contributed by atoms with van der Waals surface area (Å²) in [6.07, 6.45) is 3.46. The zero-order valence-corrected chi connectivity index (χ0v) is 20.7. The van der Waals surface area contributed by atoms with Gasteiger partial charge in [0.25, 0.3) is 5.91 Å². The summed E-state index contributed by atoms with van der Waals surface area (Å²) in [7, 11) is -3.74. The highest BCUT2D eigenvalue weighted by molar-refractivity contribution is 7.89. The Kier molecular flexibility index (Phi) is 7.04. The third kappa shape index (κ3) is 5.31. The number of para-hydroxylation sites is 1. The normalized spacial score (nSPS) is 17.5. The zero-order chi connectivity index (χ0) is 24.3. The fourth-order valence-corrected chi connectivity index (χ4v) is 6.02. The van der Waals surface area contributed by atoms with E-state index in [4.69, 9.17) is 14.2 Å². The number of carbonyl (C=O) groups excluding carboxylic acids is 1. The number of sulfonamides is 1. The maximum absolute atomic E-state index is 13.3. The van der Waals surface area contributed by atoms with E-state index in [2.05, 4.69) is 5.32 Å². The lowest BCUT2D eigenvalue weighted by Crippen LogP contribution is -2.35. The number of hydrogen-bond acceptors (Lipinski definition) is 6. The summed E-state index contributed by atoms with van der Waals surface area (Å²) in [5.74, 6) is 1.05. The van der Waals surface area contributed by atoms with E-state index < -0.39 is 15.9 Å². The van der Waals surface area contributed by atoms with E-state index in [0.29, 0.717) is 36.9 Å². The summed E-state index contributed by atoms with van der Waals surface area (Å²) in [5, 5.41) is 2.74. The average molecular weight is 489 g/mol. The van der Waals surface area contributed by atoms with Crippen molar-refractivity contribution in [2.75, 3.05) is 31.6 Å². The molecule has 1 saturated heterocycles. The Morgan fingerprint density at radius 2 is 1.85 bits per heavy atom. The minimum absolute atomic E-state index is 0.0616. The van der Waals surface area contributed by atoms with Crippen LogP contribution in [-0.2, 0) is 21.2 Å². The first-order valence-corrected chi connectivity index (χ1v) is 13.1. The second-order valence-corrected chi connectivity index (χ2v) is 11.1. The molecule has 1 N–H and O–H groups in total. The van der Waals surface area contributed by atoms with Crippen LogP contribution in [0.4, 0.5) is 5.69 Å². The van der Waals surface area contributed by atoms with Crippen molar-refractivity contribution >= 4 is 21.6 Å². The van der Waals surface area contributed by atoms with E-state index in [1.54, 1.807) is 25.1 Å². The number of nitrogens with one attached hydrogen (secondary N) is 1. The maximum atomic E-state index is 13.3. The van der Waals surface area contributed by atoms with Gasteiger partial charge in [0.05, 0.1) is 6.61 Å². The highest BCUT2D eigenvalue weighted by Gasteiger charge is 2.32. The Balaban J connectivity index is 1.48. The molecule has 0 radical (unpaired) electrons. The summed E-state index contributed by atoms with van der Waals surface area (Å²) >= 11 is 0. The number of nitrogens with zero attached hydrogens (tertiary/aromatic N) is 1.